The van der Waals surface area contributed by atoms with Crippen LogP contribution < -0.4 is 19.7 Å². The number of carbonyl (C=O) groups excluding carboxylic acids is 1. The van der Waals surface area contributed by atoms with Gasteiger partial charge in [-0.3, -0.25) is 4.79 Å². The zero-order valence-electron chi connectivity index (χ0n) is 26.4. The third-order valence-corrected chi connectivity index (χ3v) is 8.61. The van der Waals surface area contributed by atoms with E-state index in [9.17, 15) is 10.1 Å². The van der Waals surface area contributed by atoms with E-state index in [0.717, 1.165) is 69.1 Å². The zero-order valence-corrected chi connectivity index (χ0v) is 26.4. The number of fused-ring (bicyclic) bond motifs is 3. The highest BCUT2D eigenvalue weighted by Gasteiger charge is 2.28. The van der Waals surface area contributed by atoms with Crippen LogP contribution in [0.3, 0.4) is 0 Å². The molecule has 47 heavy (non-hydrogen) atoms. The largest absolute Gasteiger partial charge is 0.497 e. The Morgan fingerprint density at radius 1 is 1.02 bits per heavy atom. The van der Waals surface area contributed by atoms with Gasteiger partial charge in [-0.05, 0) is 61.2 Å². The fraction of sp³-hybridized carbons (Fsp3) is 0.278. The first-order valence-electron chi connectivity index (χ1n) is 15.4. The highest BCUT2D eigenvalue weighted by molar-refractivity contribution is 6.06. The lowest BCUT2D eigenvalue weighted by atomic mass is 10.0. The van der Waals surface area contributed by atoms with Gasteiger partial charge in [0.15, 0.2) is 0 Å². The first-order chi connectivity index (χ1) is 22.9. The molecule has 1 fully saturated rings. The van der Waals surface area contributed by atoms with Gasteiger partial charge < -0.3 is 24.4 Å². The van der Waals surface area contributed by atoms with Gasteiger partial charge in [-0.25, -0.2) is 19.9 Å². The smallest absolute Gasteiger partial charge is 0.261 e. The normalized spacial score (nSPS) is 13.6. The number of methoxy groups -OCH3 is 2. The second-order valence-corrected chi connectivity index (χ2v) is 11.7. The number of anilines is 2. The predicted molar refractivity (Wildman–Crippen MR) is 175 cm³/mol. The Morgan fingerprint density at radius 2 is 1.83 bits per heavy atom. The third kappa shape index (κ3) is 6.03. The number of carbonyl (C=O) groups is 1. The van der Waals surface area contributed by atoms with Crippen molar-refractivity contribution in [3.05, 3.63) is 106 Å². The topological polar surface area (TPSA) is 135 Å². The fourth-order valence-corrected chi connectivity index (χ4v) is 5.92. The van der Waals surface area contributed by atoms with Crippen LogP contribution in [0.15, 0.2) is 60.9 Å². The summed E-state index contributed by atoms with van der Waals surface area (Å²) in [5.41, 5.74) is 6.60. The van der Waals surface area contributed by atoms with Gasteiger partial charge in [0.25, 0.3) is 5.91 Å². The van der Waals surface area contributed by atoms with Crippen LogP contribution in [-0.2, 0) is 31.0 Å². The highest BCUT2D eigenvalue weighted by Crippen LogP contribution is 2.38. The molecule has 0 bridgehead atoms. The molecule has 2 aliphatic rings. The number of amides is 1. The molecular formula is C36H33N7O4. The van der Waals surface area contributed by atoms with Gasteiger partial charge in [-0.1, -0.05) is 12.1 Å². The molecule has 1 aliphatic heterocycles. The number of nitriles is 1. The van der Waals surface area contributed by atoms with Crippen LogP contribution in [0.5, 0.6) is 11.5 Å². The number of ether oxygens (including phenoxy) is 3. The molecule has 1 aliphatic carbocycles. The maximum absolute atomic E-state index is 14.0. The molecule has 7 rings (SSSR count). The Balaban J connectivity index is 1.22. The van der Waals surface area contributed by atoms with Crippen molar-refractivity contribution in [1.82, 2.24) is 19.9 Å². The van der Waals surface area contributed by atoms with Crippen molar-refractivity contribution in [2.75, 3.05) is 24.4 Å². The molecule has 1 N–H and O–H groups in total. The molecule has 3 aromatic heterocycles. The number of benzene rings is 2. The second-order valence-electron chi connectivity index (χ2n) is 11.7. The number of hydrogen-bond acceptors (Lipinski definition) is 10. The van der Waals surface area contributed by atoms with E-state index in [1.807, 2.05) is 36.4 Å². The van der Waals surface area contributed by atoms with E-state index >= 15 is 0 Å². The van der Waals surface area contributed by atoms with Crippen molar-refractivity contribution in [3.63, 3.8) is 0 Å². The minimum absolute atomic E-state index is 0.245. The molecule has 1 saturated carbocycles. The average Bonchev–Trinajstić information content (AvgIpc) is 3.84. The fourth-order valence-electron chi connectivity index (χ4n) is 5.92. The Morgan fingerprint density at radius 3 is 2.55 bits per heavy atom. The number of aryl methyl sites for hydroxylation is 1. The molecule has 4 heterocycles. The van der Waals surface area contributed by atoms with Crippen molar-refractivity contribution in [2.24, 2.45) is 0 Å². The Labute approximate surface area is 272 Å². The van der Waals surface area contributed by atoms with Gasteiger partial charge in [0.05, 0.1) is 56.4 Å². The number of nitrogens with one attached hydrogen (secondary N) is 1. The van der Waals surface area contributed by atoms with Crippen LogP contribution >= 0.6 is 0 Å². The second kappa shape index (κ2) is 12.7. The quantitative estimate of drug-likeness (QED) is 0.197. The molecular weight excluding hydrogens is 594 g/mol. The summed E-state index contributed by atoms with van der Waals surface area (Å²) in [7, 11) is 3.26. The van der Waals surface area contributed by atoms with Crippen molar-refractivity contribution in [3.8, 4) is 17.6 Å². The molecule has 0 saturated heterocycles. The summed E-state index contributed by atoms with van der Waals surface area (Å²) in [4.78, 5) is 34.1. The number of aromatic nitrogens is 4. The van der Waals surface area contributed by atoms with E-state index in [4.69, 9.17) is 19.2 Å². The summed E-state index contributed by atoms with van der Waals surface area (Å²) in [6.07, 6.45) is 5.36. The van der Waals surface area contributed by atoms with E-state index < -0.39 is 0 Å². The van der Waals surface area contributed by atoms with Crippen LogP contribution in [-0.4, -0.2) is 40.1 Å². The van der Waals surface area contributed by atoms with Gasteiger partial charge in [-0.15, -0.1) is 0 Å². The van der Waals surface area contributed by atoms with E-state index in [2.05, 4.69) is 26.3 Å². The third-order valence-electron chi connectivity index (χ3n) is 8.61. The molecule has 2 aromatic carbocycles. The zero-order chi connectivity index (χ0) is 32.5. The average molecular weight is 628 g/mol. The van der Waals surface area contributed by atoms with Crippen molar-refractivity contribution < 1.29 is 19.0 Å². The van der Waals surface area contributed by atoms with Crippen molar-refractivity contribution in [2.45, 2.75) is 52.0 Å². The lowest BCUT2D eigenvalue weighted by Gasteiger charge is -2.24. The van der Waals surface area contributed by atoms with Crippen LogP contribution in [0.4, 0.5) is 11.5 Å². The summed E-state index contributed by atoms with van der Waals surface area (Å²) >= 11 is 0. The Kier molecular flexibility index (Phi) is 8.10. The first-order valence-corrected chi connectivity index (χ1v) is 15.4. The molecule has 5 aromatic rings. The lowest BCUT2D eigenvalue weighted by molar-refractivity contribution is 0.0984. The number of hydrogen-bond donors (Lipinski definition) is 1. The molecule has 0 unspecified atom stereocenters. The van der Waals surface area contributed by atoms with Gasteiger partial charge in [0.2, 0.25) is 0 Å². The molecule has 11 nitrogen and oxygen atoms in total. The molecule has 0 atom stereocenters. The molecule has 11 heteroatoms. The molecule has 0 spiro atoms. The number of pyridine rings is 2. The summed E-state index contributed by atoms with van der Waals surface area (Å²) < 4.78 is 16.8. The Hall–Kier alpha value is -5.60. The van der Waals surface area contributed by atoms with Gasteiger partial charge in [0.1, 0.15) is 34.9 Å². The minimum Gasteiger partial charge on any atom is -0.497 e. The summed E-state index contributed by atoms with van der Waals surface area (Å²) in [5, 5.41) is 13.9. The summed E-state index contributed by atoms with van der Waals surface area (Å²) in [5.74, 6) is 3.09. The minimum atomic E-state index is -0.256. The van der Waals surface area contributed by atoms with Crippen LogP contribution in [0, 0.1) is 18.3 Å². The maximum Gasteiger partial charge on any atom is 0.261 e. The van der Waals surface area contributed by atoms with Gasteiger partial charge in [-0.2, -0.15) is 5.26 Å². The molecule has 236 valence electrons. The van der Waals surface area contributed by atoms with Gasteiger partial charge >= 0.3 is 0 Å². The highest BCUT2D eigenvalue weighted by atomic mass is 16.5. The number of rotatable bonds is 10. The van der Waals surface area contributed by atoms with Crippen LogP contribution in [0.25, 0.3) is 10.9 Å². The standard InChI is InChI=1S/C36H33N7O4/c1-21-32(11-8-26(14-37)41-21)43(36(44)25-16-38-34(39-17-25)23-5-6-23)18-22-4-10-28-29-19-47-20-30(29)35(42-31(28)12-22)40-15-24-7-9-27(45-2)13-33(24)46-3/h4,7-13,16-17,23H,5-6,15,18-20H2,1-3H3,(H,40,42). The predicted octanol–water partition coefficient (Wildman–Crippen LogP) is 5.98. The van der Waals surface area contributed by atoms with Crippen LogP contribution in [0.1, 0.15) is 68.6 Å². The Bertz CT molecular complexity index is 2040. The van der Waals surface area contributed by atoms with Gasteiger partial charge in [0, 0.05) is 47.4 Å². The van der Waals surface area contributed by atoms with E-state index in [-0.39, 0.29) is 18.1 Å². The lowest BCUT2D eigenvalue weighted by Crippen LogP contribution is -2.31. The van der Waals surface area contributed by atoms with E-state index in [0.29, 0.717) is 42.6 Å². The monoisotopic (exact) mass is 627 g/mol. The maximum atomic E-state index is 14.0. The number of nitrogens with zero attached hydrogens (tertiary/aromatic N) is 6. The van der Waals surface area contributed by atoms with Crippen molar-refractivity contribution >= 4 is 28.3 Å². The van der Waals surface area contributed by atoms with E-state index in [1.165, 1.54) is 0 Å². The first kappa shape index (κ1) is 30.1. The summed E-state index contributed by atoms with van der Waals surface area (Å²) in [6, 6.07) is 17.2. The summed E-state index contributed by atoms with van der Waals surface area (Å²) in [6.45, 7) is 3.49. The molecule has 0 radical (unpaired) electrons. The van der Waals surface area contributed by atoms with Crippen LogP contribution in [0.2, 0.25) is 0 Å². The SMILES string of the molecule is COc1ccc(CNc2nc3cc(CN(C(=O)c4cnc(C5CC5)nc4)c4ccc(C#N)nc4C)ccc3c3c2COC3)c(OC)c1. The van der Waals surface area contributed by atoms with E-state index in [1.54, 1.807) is 50.6 Å². The van der Waals surface area contributed by atoms with Crippen molar-refractivity contribution in [1.29, 1.82) is 5.26 Å². The molecule has 1 amide bonds.